The van der Waals surface area contributed by atoms with Gasteiger partial charge in [-0.05, 0) is 128 Å². The molecule has 3 heteroatoms. The first-order valence-electron chi connectivity index (χ1n) is 19.3. The summed E-state index contributed by atoms with van der Waals surface area (Å²) < 4.78 is 5.38. The number of anilines is 3. The van der Waals surface area contributed by atoms with Crippen LogP contribution in [0.15, 0.2) is 176 Å². The molecule has 2 aromatic heterocycles. The molecule has 0 radical (unpaired) electrons. The molecule has 0 saturated heterocycles. The number of fused-ring (bicyclic) bond motifs is 12. The standard InChI is InChI=1S/C53H35NS2/c1-53(2)45-15-9-8-14-41(45)42-23-22-40(31-46(42)53)54(38-19-16-33(17-20-38)32-10-4-3-5-11-32)39-21-18-36-28-44-50(30-37(36)26-39)56-48-25-24-47-51(52(44)48)43-27-34-12-6-7-13-35(34)29-49(43)55-47/h3-31H,1-2H3. The molecule has 0 aliphatic heterocycles. The van der Waals surface area contributed by atoms with Crippen LogP contribution in [-0.2, 0) is 5.41 Å². The topological polar surface area (TPSA) is 3.24 Å². The van der Waals surface area contributed by atoms with E-state index in [9.17, 15) is 0 Å². The lowest BCUT2D eigenvalue weighted by atomic mass is 9.82. The number of thiophene rings is 2. The van der Waals surface area contributed by atoms with Crippen LogP contribution >= 0.6 is 22.7 Å². The van der Waals surface area contributed by atoms with Crippen molar-refractivity contribution in [2.24, 2.45) is 0 Å². The summed E-state index contributed by atoms with van der Waals surface area (Å²) in [7, 11) is 0. The molecule has 56 heavy (non-hydrogen) atoms. The minimum Gasteiger partial charge on any atom is -0.310 e. The molecule has 1 aliphatic rings. The number of hydrogen-bond acceptors (Lipinski definition) is 3. The molecule has 1 nitrogen and oxygen atoms in total. The molecule has 0 fully saturated rings. The Bertz CT molecular complexity index is 3380. The normalized spacial score (nSPS) is 13.3. The molecule has 0 spiro atoms. The van der Waals surface area contributed by atoms with Crippen molar-refractivity contribution < 1.29 is 0 Å². The monoisotopic (exact) mass is 749 g/mol. The molecule has 0 atom stereocenters. The van der Waals surface area contributed by atoms with Crippen molar-refractivity contribution in [2.75, 3.05) is 4.90 Å². The van der Waals surface area contributed by atoms with Gasteiger partial charge in [0, 0.05) is 62.8 Å². The van der Waals surface area contributed by atoms with Gasteiger partial charge in [0.05, 0.1) is 0 Å². The first-order chi connectivity index (χ1) is 27.5. The van der Waals surface area contributed by atoms with Crippen molar-refractivity contribution in [3.63, 3.8) is 0 Å². The highest BCUT2D eigenvalue weighted by Gasteiger charge is 2.35. The summed E-state index contributed by atoms with van der Waals surface area (Å²) in [6.07, 6.45) is 0. The van der Waals surface area contributed by atoms with E-state index in [0.717, 1.165) is 11.4 Å². The van der Waals surface area contributed by atoms with E-state index in [4.69, 9.17) is 0 Å². The lowest BCUT2D eigenvalue weighted by Gasteiger charge is -2.28. The van der Waals surface area contributed by atoms with E-state index in [1.807, 2.05) is 22.7 Å². The van der Waals surface area contributed by atoms with Crippen LogP contribution in [0.2, 0.25) is 0 Å². The van der Waals surface area contributed by atoms with Crippen molar-refractivity contribution in [3.8, 4) is 22.3 Å². The smallest absolute Gasteiger partial charge is 0.0468 e. The minimum absolute atomic E-state index is 0.0900. The van der Waals surface area contributed by atoms with E-state index in [2.05, 4.69) is 195 Å². The van der Waals surface area contributed by atoms with Gasteiger partial charge in [-0.2, -0.15) is 0 Å². The Morgan fingerprint density at radius 2 is 0.911 bits per heavy atom. The average molecular weight is 750 g/mol. The molecule has 12 rings (SSSR count). The van der Waals surface area contributed by atoms with Crippen LogP contribution in [0.25, 0.3) is 84.1 Å². The van der Waals surface area contributed by atoms with E-state index in [-0.39, 0.29) is 5.41 Å². The third-order valence-electron chi connectivity index (χ3n) is 12.2. The molecule has 0 saturated carbocycles. The maximum atomic E-state index is 2.44. The maximum Gasteiger partial charge on any atom is 0.0468 e. The molecule has 11 aromatic rings. The predicted octanol–water partition coefficient (Wildman–Crippen LogP) is 16.2. The third-order valence-corrected chi connectivity index (χ3v) is 14.4. The summed E-state index contributed by atoms with van der Waals surface area (Å²) in [4.78, 5) is 2.44. The Labute approximate surface area is 333 Å². The SMILES string of the molecule is CC1(C)c2ccccc2-c2ccc(N(c3ccc(-c4ccccc4)cc3)c3ccc4cc5c(cc4c3)sc3ccc4sc6cc7ccccc7cc6c4c35)cc21. The lowest BCUT2D eigenvalue weighted by molar-refractivity contribution is 0.660. The maximum absolute atomic E-state index is 2.44. The van der Waals surface area contributed by atoms with Crippen LogP contribution in [0.5, 0.6) is 0 Å². The zero-order valence-electron chi connectivity index (χ0n) is 31.0. The van der Waals surface area contributed by atoms with E-state index in [0.29, 0.717) is 0 Å². The second-order valence-electron chi connectivity index (χ2n) is 15.7. The van der Waals surface area contributed by atoms with Crippen molar-refractivity contribution in [1.29, 1.82) is 0 Å². The average Bonchev–Trinajstić information content (AvgIpc) is 3.86. The van der Waals surface area contributed by atoms with Crippen LogP contribution in [0.3, 0.4) is 0 Å². The van der Waals surface area contributed by atoms with Gasteiger partial charge < -0.3 is 4.90 Å². The molecule has 264 valence electrons. The lowest BCUT2D eigenvalue weighted by Crippen LogP contribution is -2.16. The summed E-state index contributed by atoms with van der Waals surface area (Å²) in [6, 6.07) is 65.7. The minimum atomic E-state index is -0.0900. The van der Waals surface area contributed by atoms with Crippen molar-refractivity contribution in [3.05, 3.63) is 187 Å². The molecule has 0 amide bonds. The highest BCUT2D eigenvalue weighted by molar-refractivity contribution is 7.28. The first kappa shape index (κ1) is 32.0. The summed E-state index contributed by atoms with van der Waals surface area (Å²) >= 11 is 3.82. The zero-order chi connectivity index (χ0) is 37.1. The van der Waals surface area contributed by atoms with E-state index >= 15 is 0 Å². The second-order valence-corrected chi connectivity index (χ2v) is 17.9. The first-order valence-corrected chi connectivity index (χ1v) is 21.0. The summed E-state index contributed by atoms with van der Waals surface area (Å²) in [5.41, 5.74) is 11.2. The number of nitrogens with zero attached hydrogens (tertiary/aromatic N) is 1. The Kier molecular flexibility index (Phi) is 6.79. The van der Waals surface area contributed by atoms with Gasteiger partial charge in [0.25, 0.3) is 0 Å². The van der Waals surface area contributed by atoms with Crippen LogP contribution in [0.1, 0.15) is 25.0 Å². The molecule has 2 heterocycles. The zero-order valence-corrected chi connectivity index (χ0v) is 32.6. The molecule has 0 N–H and O–H groups in total. The van der Waals surface area contributed by atoms with E-state index in [1.54, 1.807) is 0 Å². The van der Waals surface area contributed by atoms with Crippen molar-refractivity contribution in [1.82, 2.24) is 0 Å². The second kappa shape index (κ2) is 11.9. The van der Waals surface area contributed by atoms with Crippen molar-refractivity contribution >= 4 is 102 Å². The van der Waals surface area contributed by atoms with Gasteiger partial charge in [0.1, 0.15) is 0 Å². The number of rotatable bonds is 4. The van der Waals surface area contributed by atoms with Gasteiger partial charge in [0.2, 0.25) is 0 Å². The third kappa shape index (κ3) is 4.71. The Morgan fingerprint density at radius 3 is 1.64 bits per heavy atom. The van der Waals surface area contributed by atoms with Gasteiger partial charge in [-0.3, -0.25) is 0 Å². The Morgan fingerprint density at radius 1 is 0.375 bits per heavy atom. The van der Waals surface area contributed by atoms with Gasteiger partial charge >= 0.3 is 0 Å². The Hall–Kier alpha value is -6.26. The number of hydrogen-bond donors (Lipinski definition) is 0. The molecular weight excluding hydrogens is 715 g/mol. The largest absolute Gasteiger partial charge is 0.310 e. The predicted molar refractivity (Wildman–Crippen MR) is 245 cm³/mol. The van der Waals surface area contributed by atoms with E-state index < -0.39 is 0 Å². The van der Waals surface area contributed by atoms with Crippen LogP contribution in [0.4, 0.5) is 17.1 Å². The van der Waals surface area contributed by atoms with E-state index in [1.165, 1.54) is 101 Å². The van der Waals surface area contributed by atoms with Gasteiger partial charge in [0.15, 0.2) is 0 Å². The molecular formula is C53H35NS2. The molecule has 0 bridgehead atoms. The summed E-state index contributed by atoms with van der Waals surface area (Å²) in [5, 5.41) is 10.6. The van der Waals surface area contributed by atoms with Crippen LogP contribution in [0, 0.1) is 0 Å². The van der Waals surface area contributed by atoms with Gasteiger partial charge in [-0.15, -0.1) is 22.7 Å². The van der Waals surface area contributed by atoms with Gasteiger partial charge in [-0.25, -0.2) is 0 Å². The Balaban J connectivity index is 1.03. The number of benzene rings is 9. The fraction of sp³-hybridized carbons (Fsp3) is 0.0566. The fourth-order valence-corrected chi connectivity index (χ4v) is 11.7. The highest BCUT2D eigenvalue weighted by Crippen LogP contribution is 2.51. The van der Waals surface area contributed by atoms with Crippen LogP contribution < -0.4 is 4.90 Å². The summed E-state index contributed by atoms with van der Waals surface area (Å²) in [5.74, 6) is 0. The van der Waals surface area contributed by atoms with Gasteiger partial charge in [-0.1, -0.05) is 117 Å². The van der Waals surface area contributed by atoms with Crippen molar-refractivity contribution in [2.45, 2.75) is 19.3 Å². The molecule has 0 unspecified atom stereocenters. The molecule has 1 aliphatic carbocycles. The van der Waals surface area contributed by atoms with Crippen LogP contribution in [-0.4, -0.2) is 0 Å². The molecule has 9 aromatic carbocycles. The fourth-order valence-electron chi connectivity index (χ4n) is 9.40. The summed E-state index contributed by atoms with van der Waals surface area (Å²) in [6.45, 7) is 4.73. The highest BCUT2D eigenvalue weighted by atomic mass is 32.1. The quantitative estimate of drug-likeness (QED) is 0.173.